The number of aryl methyl sites for hydroxylation is 2. The number of likely N-dealkylation sites (tertiary alicyclic amines) is 1. The Morgan fingerprint density at radius 3 is 2.37 bits per heavy atom. The van der Waals surface area contributed by atoms with Gasteiger partial charge in [-0.05, 0) is 125 Å². The van der Waals surface area contributed by atoms with Gasteiger partial charge in [-0.3, -0.25) is 48.6 Å². The zero-order valence-electron chi connectivity index (χ0n) is 41.1. The van der Waals surface area contributed by atoms with Crippen molar-refractivity contribution in [2.45, 2.75) is 77.3 Å². The Morgan fingerprint density at radius 2 is 1.69 bits per heavy atom. The van der Waals surface area contributed by atoms with E-state index in [-0.39, 0.29) is 41.6 Å². The van der Waals surface area contributed by atoms with Crippen molar-refractivity contribution in [1.29, 1.82) is 0 Å². The molecule has 10 rings (SSSR count). The van der Waals surface area contributed by atoms with Crippen molar-refractivity contribution in [3.63, 3.8) is 0 Å². The predicted molar refractivity (Wildman–Crippen MR) is 270 cm³/mol. The van der Waals surface area contributed by atoms with E-state index >= 15 is 4.39 Å². The van der Waals surface area contributed by atoms with Crippen LogP contribution in [-0.4, -0.2) is 124 Å². The molecule has 15 nitrogen and oxygen atoms in total. The maximum absolute atomic E-state index is 16.1. The third-order valence-corrected chi connectivity index (χ3v) is 15.8. The molecular weight excluding hydrogens is 888 g/mol. The number of carbonyl (C=O) groups excluding carboxylic acids is 4. The maximum Gasteiger partial charge on any atom is 0.257 e. The SMILES string of the molecule is CNc1ccn(-c2ccnc3c2cc([C@H](C)N2CC=C(c4c(C)cc(C(=O)N5CCC(CN6CCN(c7ccc8c(c7)C(C)(C)C(=O)N8C7CCC(=O)NC7=O)CC6)CC5)cc4F)CC2)n3C)c(=O)c1. The van der Waals surface area contributed by atoms with Crippen molar-refractivity contribution in [3.8, 4) is 5.69 Å². The van der Waals surface area contributed by atoms with Gasteiger partial charge in [0.15, 0.2) is 0 Å². The van der Waals surface area contributed by atoms with E-state index in [0.29, 0.717) is 49.5 Å². The summed E-state index contributed by atoms with van der Waals surface area (Å²) in [6.07, 6.45) is 8.61. The Bertz CT molecular complexity index is 2990. The summed E-state index contributed by atoms with van der Waals surface area (Å²) in [6.45, 7) is 15.0. The largest absolute Gasteiger partial charge is 0.388 e. The zero-order chi connectivity index (χ0) is 49.2. The molecule has 366 valence electrons. The van der Waals surface area contributed by atoms with Crippen LogP contribution in [0.25, 0.3) is 22.3 Å². The van der Waals surface area contributed by atoms with Gasteiger partial charge in [-0.25, -0.2) is 9.37 Å². The average Bonchev–Trinajstić information content (AvgIpc) is 3.79. The third kappa shape index (κ3) is 8.48. The van der Waals surface area contributed by atoms with Crippen molar-refractivity contribution in [1.82, 2.24) is 34.1 Å². The number of amides is 4. The Kier molecular flexibility index (Phi) is 12.5. The number of nitrogens with zero attached hydrogens (tertiary/aromatic N) is 8. The monoisotopic (exact) mass is 950 g/mol. The van der Waals surface area contributed by atoms with E-state index in [1.54, 1.807) is 35.0 Å². The number of piperazine rings is 1. The lowest BCUT2D eigenvalue weighted by Gasteiger charge is -2.40. The van der Waals surface area contributed by atoms with E-state index < -0.39 is 17.4 Å². The molecule has 3 aromatic heterocycles. The first-order valence-electron chi connectivity index (χ1n) is 24.8. The first kappa shape index (κ1) is 47.0. The minimum atomic E-state index is -0.795. The number of hydrogen-bond donors (Lipinski definition) is 2. The van der Waals surface area contributed by atoms with Gasteiger partial charge in [0.25, 0.3) is 11.5 Å². The molecule has 1 unspecified atom stereocenters. The zero-order valence-corrected chi connectivity index (χ0v) is 41.1. The number of nitrogens with one attached hydrogen (secondary N) is 2. The molecule has 8 heterocycles. The highest BCUT2D eigenvalue weighted by Gasteiger charge is 2.49. The number of rotatable bonds is 10. The smallest absolute Gasteiger partial charge is 0.257 e. The molecule has 2 aromatic carbocycles. The summed E-state index contributed by atoms with van der Waals surface area (Å²) in [7, 11) is 3.79. The molecule has 0 radical (unpaired) electrons. The Morgan fingerprint density at radius 1 is 0.914 bits per heavy atom. The molecule has 16 heteroatoms. The van der Waals surface area contributed by atoms with Crippen LogP contribution < -0.4 is 26.0 Å². The molecule has 3 fully saturated rings. The van der Waals surface area contributed by atoms with Gasteiger partial charge >= 0.3 is 0 Å². The van der Waals surface area contributed by atoms with Gasteiger partial charge < -0.3 is 19.7 Å². The number of carbonyl (C=O) groups is 4. The minimum absolute atomic E-state index is 0.0294. The molecule has 2 N–H and O–H groups in total. The molecule has 0 aliphatic carbocycles. The molecule has 2 atom stereocenters. The molecule has 0 spiro atoms. The van der Waals surface area contributed by atoms with Gasteiger partial charge in [0, 0.05) is 143 Å². The Labute approximate surface area is 407 Å². The summed E-state index contributed by atoms with van der Waals surface area (Å²) < 4.78 is 19.9. The molecule has 5 aliphatic heterocycles. The van der Waals surface area contributed by atoms with Crippen LogP contribution in [0.4, 0.5) is 21.5 Å². The van der Waals surface area contributed by atoms with Gasteiger partial charge in [0.05, 0.1) is 11.1 Å². The predicted octanol–water partition coefficient (Wildman–Crippen LogP) is 6.17. The van der Waals surface area contributed by atoms with Crippen molar-refractivity contribution in [3.05, 3.63) is 117 Å². The van der Waals surface area contributed by atoms with Crippen LogP contribution in [0.5, 0.6) is 0 Å². The average molecular weight is 951 g/mol. The van der Waals surface area contributed by atoms with Crippen LogP contribution in [0, 0.1) is 18.7 Å². The van der Waals surface area contributed by atoms with Crippen LogP contribution in [0.15, 0.2) is 77.9 Å². The summed E-state index contributed by atoms with van der Waals surface area (Å²) in [6, 6.07) is 16.2. The second kappa shape index (κ2) is 18.6. The molecule has 0 bridgehead atoms. The van der Waals surface area contributed by atoms with Crippen molar-refractivity contribution in [2.75, 3.05) is 81.1 Å². The number of pyridine rings is 2. The molecule has 4 amide bonds. The summed E-state index contributed by atoms with van der Waals surface area (Å²) in [4.78, 5) is 80.5. The Hall–Kier alpha value is -6.65. The summed E-state index contributed by atoms with van der Waals surface area (Å²) in [5.74, 6) is -0.864. The second-order valence-electron chi connectivity index (χ2n) is 20.4. The molecule has 0 saturated carbocycles. The Balaban J connectivity index is 0.723. The number of hydrogen-bond acceptors (Lipinski definition) is 10. The number of halogens is 1. The van der Waals surface area contributed by atoms with Crippen LogP contribution in [0.2, 0.25) is 0 Å². The number of piperidine rings is 2. The van der Waals surface area contributed by atoms with E-state index in [2.05, 4.69) is 60.0 Å². The number of imide groups is 1. The minimum Gasteiger partial charge on any atom is -0.388 e. The fourth-order valence-corrected chi connectivity index (χ4v) is 11.6. The highest BCUT2D eigenvalue weighted by atomic mass is 19.1. The van der Waals surface area contributed by atoms with Crippen LogP contribution in [-0.2, 0) is 26.8 Å². The fraction of sp³-hybridized carbons (Fsp3) is 0.444. The fourth-order valence-electron chi connectivity index (χ4n) is 11.6. The van der Waals surface area contributed by atoms with Crippen LogP contribution >= 0.6 is 0 Å². The molecule has 5 aliphatic rings. The number of anilines is 3. The summed E-state index contributed by atoms with van der Waals surface area (Å²) >= 11 is 0. The van der Waals surface area contributed by atoms with Crippen LogP contribution in [0.3, 0.4) is 0 Å². The molecular formula is C54H63FN10O5. The lowest BCUT2D eigenvalue weighted by molar-refractivity contribution is -0.136. The van der Waals surface area contributed by atoms with E-state index in [9.17, 15) is 24.0 Å². The quantitative estimate of drug-likeness (QED) is 0.156. The molecule has 3 saturated heterocycles. The van der Waals surface area contributed by atoms with E-state index in [1.165, 1.54) is 6.07 Å². The summed E-state index contributed by atoms with van der Waals surface area (Å²) in [5, 5.41) is 6.32. The number of benzene rings is 2. The first-order chi connectivity index (χ1) is 33.6. The van der Waals surface area contributed by atoms with Gasteiger partial charge in [-0.2, -0.15) is 0 Å². The highest BCUT2D eigenvalue weighted by Crippen LogP contribution is 2.45. The van der Waals surface area contributed by atoms with Crippen molar-refractivity contribution in [2.24, 2.45) is 13.0 Å². The van der Waals surface area contributed by atoms with Gasteiger partial charge in [0.1, 0.15) is 17.5 Å². The van der Waals surface area contributed by atoms with Gasteiger partial charge in [-0.15, -0.1) is 0 Å². The number of fused-ring (bicyclic) bond motifs is 2. The summed E-state index contributed by atoms with van der Waals surface area (Å²) in [5.41, 5.74) is 7.87. The van der Waals surface area contributed by atoms with E-state index in [4.69, 9.17) is 0 Å². The van der Waals surface area contributed by atoms with Gasteiger partial charge in [-0.1, -0.05) is 6.08 Å². The van der Waals surface area contributed by atoms with Crippen molar-refractivity contribution < 1.29 is 23.6 Å². The molecule has 70 heavy (non-hydrogen) atoms. The van der Waals surface area contributed by atoms with E-state index in [0.717, 1.165) is 108 Å². The second-order valence-corrected chi connectivity index (χ2v) is 20.4. The lowest BCUT2D eigenvalue weighted by Crippen LogP contribution is -2.55. The first-order valence-corrected chi connectivity index (χ1v) is 24.8. The topological polar surface area (TPSA) is 148 Å². The highest BCUT2D eigenvalue weighted by molar-refractivity contribution is 6.14. The lowest BCUT2D eigenvalue weighted by atomic mass is 9.86. The third-order valence-electron chi connectivity index (χ3n) is 15.8. The number of aromatic nitrogens is 3. The van der Waals surface area contributed by atoms with Crippen LogP contribution in [0.1, 0.15) is 91.7 Å². The normalized spacial score (nSPS) is 20.7. The van der Waals surface area contributed by atoms with Gasteiger partial charge in [0.2, 0.25) is 17.7 Å². The standard InChI is InChI=1S/C54H63FN10O5/c1-33-27-37(28-42(55)49(33)36-14-20-61(21-15-36)34(2)46-31-40-43(11-17-57-50(40)59(46)6)64-22-16-38(56-5)29-48(64)67)52(69)63-18-12-35(13-19-63)32-60-23-25-62(26-24-60)39-7-8-44-41(30-39)54(3,4)53(70)65(44)45-9-10-47(66)58-51(45)68/h7-8,11,14,16-17,22,27-31,34-35,45,56H,9-10,12-13,15,18-21,23-26,32H2,1-6H3,(H,58,66,68)/t34-,45?/m0/s1. The van der Waals surface area contributed by atoms with E-state index in [1.807, 2.05) is 63.1 Å². The van der Waals surface area contributed by atoms with Crippen molar-refractivity contribution >= 4 is 57.3 Å². The molecule has 5 aromatic rings. The maximum atomic E-state index is 16.1.